The minimum atomic E-state index is -0.354. The van der Waals surface area contributed by atoms with Crippen LogP contribution in [0.5, 0.6) is 0 Å². The third-order valence-corrected chi connectivity index (χ3v) is 2.04. The quantitative estimate of drug-likeness (QED) is 0.748. The van der Waals surface area contributed by atoms with Crippen molar-refractivity contribution in [1.82, 2.24) is 9.88 Å². The molecule has 76 valence electrons. The van der Waals surface area contributed by atoms with Crippen molar-refractivity contribution in [2.75, 3.05) is 13.6 Å². The molecule has 0 saturated carbocycles. The molecule has 0 aliphatic rings. The van der Waals surface area contributed by atoms with Crippen molar-refractivity contribution in [2.45, 2.75) is 6.54 Å². The number of pyridine rings is 1. The molecule has 0 atom stereocenters. The minimum absolute atomic E-state index is 0.214. The molecule has 0 radical (unpaired) electrons. The SMILES string of the molecule is CN(CC(N)=O)Cc1cccnc1Cl. The number of carbonyl (C=O) groups is 1. The highest BCUT2D eigenvalue weighted by Crippen LogP contribution is 2.12. The average Bonchev–Trinajstić information content (AvgIpc) is 2.07. The second-order valence-electron chi connectivity index (χ2n) is 3.09. The van der Waals surface area contributed by atoms with Crippen LogP contribution in [0.2, 0.25) is 5.15 Å². The first-order chi connectivity index (χ1) is 6.59. The van der Waals surface area contributed by atoms with Gasteiger partial charge in [-0.1, -0.05) is 17.7 Å². The molecular formula is C9H12ClN3O. The fourth-order valence-corrected chi connectivity index (χ4v) is 1.33. The third-order valence-electron chi connectivity index (χ3n) is 1.70. The van der Waals surface area contributed by atoms with E-state index in [1.54, 1.807) is 24.2 Å². The van der Waals surface area contributed by atoms with Gasteiger partial charge in [0.25, 0.3) is 0 Å². The van der Waals surface area contributed by atoms with E-state index in [1.807, 2.05) is 6.07 Å². The molecule has 0 unspecified atom stereocenters. The topological polar surface area (TPSA) is 59.2 Å². The van der Waals surface area contributed by atoms with E-state index in [9.17, 15) is 4.79 Å². The number of hydrogen-bond donors (Lipinski definition) is 1. The van der Waals surface area contributed by atoms with Crippen molar-refractivity contribution < 1.29 is 4.79 Å². The van der Waals surface area contributed by atoms with Crippen molar-refractivity contribution in [3.8, 4) is 0 Å². The average molecular weight is 214 g/mol. The molecule has 5 heteroatoms. The summed E-state index contributed by atoms with van der Waals surface area (Å²) in [5.41, 5.74) is 5.94. The molecule has 0 bridgehead atoms. The van der Waals surface area contributed by atoms with E-state index in [-0.39, 0.29) is 12.5 Å². The lowest BCUT2D eigenvalue weighted by Crippen LogP contribution is -2.30. The molecule has 0 spiro atoms. The second kappa shape index (κ2) is 4.93. The van der Waals surface area contributed by atoms with E-state index in [0.717, 1.165) is 5.56 Å². The minimum Gasteiger partial charge on any atom is -0.369 e. The zero-order chi connectivity index (χ0) is 10.6. The van der Waals surface area contributed by atoms with E-state index in [0.29, 0.717) is 11.7 Å². The largest absolute Gasteiger partial charge is 0.369 e. The summed E-state index contributed by atoms with van der Waals surface area (Å²) in [5, 5.41) is 0.462. The summed E-state index contributed by atoms with van der Waals surface area (Å²) in [7, 11) is 1.80. The summed E-state index contributed by atoms with van der Waals surface area (Å²) in [4.78, 5) is 16.3. The molecule has 0 fully saturated rings. The van der Waals surface area contributed by atoms with Crippen LogP contribution in [0.25, 0.3) is 0 Å². The van der Waals surface area contributed by atoms with Crippen molar-refractivity contribution in [1.29, 1.82) is 0 Å². The highest BCUT2D eigenvalue weighted by molar-refractivity contribution is 6.30. The van der Waals surface area contributed by atoms with Gasteiger partial charge >= 0.3 is 0 Å². The summed E-state index contributed by atoms with van der Waals surface area (Å²) in [6, 6.07) is 3.67. The van der Waals surface area contributed by atoms with Gasteiger partial charge in [0.15, 0.2) is 0 Å². The van der Waals surface area contributed by atoms with E-state index in [1.165, 1.54) is 0 Å². The van der Waals surface area contributed by atoms with Crippen LogP contribution in [0.15, 0.2) is 18.3 Å². The third kappa shape index (κ3) is 3.32. The van der Waals surface area contributed by atoms with Crippen LogP contribution in [-0.4, -0.2) is 29.4 Å². The van der Waals surface area contributed by atoms with Gasteiger partial charge in [-0.15, -0.1) is 0 Å². The van der Waals surface area contributed by atoms with Crippen molar-refractivity contribution in [3.63, 3.8) is 0 Å². The van der Waals surface area contributed by atoms with Crippen LogP contribution >= 0.6 is 11.6 Å². The van der Waals surface area contributed by atoms with Crippen molar-refractivity contribution >= 4 is 17.5 Å². The molecule has 4 nitrogen and oxygen atoms in total. The number of nitrogens with zero attached hydrogens (tertiary/aromatic N) is 2. The Morgan fingerprint density at radius 1 is 1.71 bits per heavy atom. The van der Waals surface area contributed by atoms with Gasteiger partial charge in [0.05, 0.1) is 6.54 Å². The van der Waals surface area contributed by atoms with E-state index in [2.05, 4.69) is 4.98 Å². The Bertz CT molecular complexity index is 330. The summed E-state index contributed by atoms with van der Waals surface area (Å²) in [6.07, 6.45) is 1.62. The van der Waals surface area contributed by atoms with Gasteiger partial charge in [0, 0.05) is 18.3 Å². The highest BCUT2D eigenvalue weighted by Gasteiger charge is 2.06. The first-order valence-electron chi connectivity index (χ1n) is 4.16. The van der Waals surface area contributed by atoms with Crippen LogP contribution in [0.3, 0.4) is 0 Å². The fourth-order valence-electron chi connectivity index (χ4n) is 1.15. The lowest BCUT2D eigenvalue weighted by atomic mass is 10.2. The number of aromatic nitrogens is 1. The molecule has 0 aliphatic heterocycles. The first kappa shape index (κ1) is 10.9. The van der Waals surface area contributed by atoms with Gasteiger partial charge in [0.1, 0.15) is 5.15 Å². The lowest BCUT2D eigenvalue weighted by Gasteiger charge is -2.14. The highest BCUT2D eigenvalue weighted by atomic mass is 35.5. The molecule has 1 heterocycles. The van der Waals surface area contributed by atoms with Crippen molar-refractivity contribution in [3.05, 3.63) is 29.0 Å². The van der Waals surface area contributed by atoms with Crippen LogP contribution in [0.4, 0.5) is 0 Å². The molecule has 14 heavy (non-hydrogen) atoms. The smallest absolute Gasteiger partial charge is 0.231 e. The summed E-state index contributed by atoms with van der Waals surface area (Å²) < 4.78 is 0. The number of nitrogens with two attached hydrogens (primary N) is 1. The van der Waals surface area contributed by atoms with Gasteiger partial charge < -0.3 is 5.73 Å². The Hall–Kier alpha value is -1.13. The van der Waals surface area contributed by atoms with Crippen LogP contribution < -0.4 is 5.73 Å². The number of carbonyl (C=O) groups excluding carboxylic acids is 1. The van der Waals surface area contributed by atoms with Gasteiger partial charge in [0.2, 0.25) is 5.91 Å². The molecule has 0 aliphatic carbocycles. The zero-order valence-corrected chi connectivity index (χ0v) is 8.66. The summed E-state index contributed by atoms with van der Waals surface area (Å²) in [5.74, 6) is -0.354. The molecule has 1 aromatic rings. The maximum absolute atomic E-state index is 10.6. The fraction of sp³-hybridized carbons (Fsp3) is 0.333. The second-order valence-corrected chi connectivity index (χ2v) is 3.45. The number of hydrogen-bond acceptors (Lipinski definition) is 3. The predicted octanol–water partition coefficient (Wildman–Crippen LogP) is 0.652. The predicted molar refractivity (Wildman–Crippen MR) is 54.8 cm³/mol. The monoisotopic (exact) mass is 213 g/mol. The van der Waals surface area contributed by atoms with Crippen molar-refractivity contribution in [2.24, 2.45) is 5.73 Å². The maximum atomic E-state index is 10.6. The van der Waals surface area contributed by atoms with Crippen LogP contribution in [-0.2, 0) is 11.3 Å². The Morgan fingerprint density at radius 2 is 2.43 bits per heavy atom. The number of primary amides is 1. The van der Waals surface area contributed by atoms with Crippen LogP contribution in [0, 0.1) is 0 Å². The molecular weight excluding hydrogens is 202 g/mol. The molecule has 0 saturated heterocycles. The Kier molecular flexibility index (Phi) is 3.85. The van der Waals surface area contributed by atoms with Gasteiger partial charge in [-0.2, -0.15) is 0 Å². The Labute approximate surface area is 87.7 Å². The maximum Gasteiger partial charge on any atom is 0.231 e. The number of rotatable bonds is 4. The van der Waals surface area contributed by atoms with Crippen LogP contribution in [0.1, 0.15) is 5.56 Å². The molecule has 1 aromatic heterocycles. The molecule has 0 aromatic carbocycles. The summed E-state index contributed by atoms with van der Waals surface area (Å²) >= 11 is 5.85. The molecule has 2 N–H and O–H groups in total. The normalized spacial score (nSPS) is 10.5. The van der Waals surface area contributed by atoms with E-state index < -0.39 is 0 Å². The Morgan fingerprint density at radius 3 is 3.00 bits per heavy atom. The number of halogens is 1. The number of amides is 1. The van der Waals surface area contributed by atoms with E-state index >= 15 is 0 Å². The van der Waals surface area contributed by atoms with Gasteiger partial charge in [-0.25, -0.2) is 4.98 Å². The number of likely N-dealkylation sites (N-methyl/N-ethyl adjacent to an activating group) is 1. The van der Waals surface area contributed by atoms with Gasteiger partial charge in [-0.05, 0) is 13.1 Å². The van der Waals surface area contributed by atoms with Gasteiger partial charge in [-0.3, -0.25) is 9.69 Å². The first-order valence-corrected chi connectivity index (χ1v) is 4.53. The Balaban J connectivity index is 2.60. The summed E-state index contributed by atoms with van der Waals surface area (Å²) in [6.45, 7) is 0.779. The molecule has 1 amide bonds. The lowest BCUT2D eigenvalue weighted by molar-refractivity contribution is -0.118. The zero-order valence-electron chi connectivity index (χ0n) is 7.90. The molecule has 1 rings (SSSR count). The standard InChI is InChI=1S/C9H12ClN3O/c1-13(6-8(11)14)5-7-3-2-4-12-9(7)10/h2-4H,5-6H2,1H3,(H2,11,14). The van der Waals surface area contributed by atoms with E-state index in [4.69, 9.17) is 17.3 Å².